The van der Waals surface area contributed by atoms with E-state index in [4.69, 9.17) is 14.2 Å². The third-order valence-corrected chi connectivity index (χ3v) is 14.4. The summed E-state index contributed by atoms with van der Waals surface area (Å²) in [6.45, 7) is 6.31. The highest BCUT2D eigenvalue weighted by atomic mass is 16.6. The highest BCUT2D eigenvalue weighted by Crippen LogP contribution is 2.17. The van der Waals surface area contributed by atoms with Gasteiger partial charge in [0, 0.05) is 19.3 Å². The first-order chi connectivity index (χ1) is 41.0. The van der Waals surface area contributed by atoms with E-state index in [1.807, 2.05) is 24.3 Å². The van der Waals surface area contributed by atoms with Gasteiger partial charge in [0.05, 0.1) is 0 Å². The van der Waals surface area contributed by atoms with Crippen molar-refractivity contribution in [1.82, 2.24) is 0 Å². The zero-order chi connectivity index (χ0) is 59.9. The van der Waals surface area contributed by atoms with Crippen LogP contribution in [0.15, 0.2) is 146 Å². The van der Waals surface area contributed by atoms with Crippen LogP contribution in [0.5, 0.6) is 0 Å². The van der Waals surface area contributed by atoms with Crippen LogP contribution in [-0.2, 0) is 28.6 Å². The Labute approximate surface area is 512 Å². The topological polar surface area (TPSA) is 78.9 Å². The van der Waals surface area contributed by atoms with Crippen LogP contribution in [0.2, 0.25) is 0 Å². The van der Waals surface area contributed by atoms with E-state index in [2.05, 4.69) is 142 Å². The van der Waals surface area contributed by atoms with Crippen LogP contribution in [0.3, 0.4) is 0 Å². The highest BCUT2D eigenvalue weighted by Gasteiger charge is 2.19. The molecule has 0 aliphatic rings. The van der Waals surface area contributed by atoms with Gasteiger partial charge in [-0.1, -0.05) is 334 Å². The van der Waals surface area contributed by atoms with Crippen molar-refractivity contribution in [3.05, 3.63) is 146 Å². The van der Waals surface area contributed by atoms with E-state index >= 15 is 0 Å². The summed E-state index contributed by atoms with van der Waals surface area (Å²) in [5.74, 6) is -1.10. The van der Waals surface area contributed by atoms with Gasteiger partial charge in [0.2, 0.25) is 0 Å². The van der Waals surface area contributed by atoms with Gasteiger partial charge >= 0.3 is 17.9 Å². The van der Waals surface area contributed by atoms with Crippen molar-refractivity contribution < 1.29 is 28.6 Å². The summed E-state index contributed by atoms with van der Waals surface area (Å²) in [5, 5.41) is 0. The minimum atomic E-state index is -0.856. The SMILES string of the molecule is CC/C=C\C/C=C\C/C=C\C/C=C\C/C=C\C/C=C\CCC(=O)OCC(COC(=O)CCCCCCCCCCCCCCCCCCCCCCCCCCCCC)OC(=O)CC/C=C\C/C=C\C/C=C\C/C=C\C/C=C\C/C=C\CC. The average Bonchev–Trinajstić information content (AvgIpc) is 3.50. The normalized spacial score (nSPS) is 13.0. The number of ether oxygens (including phenoxy) is 3. The molecule has 0 aromatic heterocycles. The summed E-state index contributed by atoms with van der Waals surface area (Å²) in [7, 11) is 0. The van der Waals surface area contributed by atoms with E-state index in [1.165, 1.54) is 154 Å². The molecule has 6 nitrogen and oxygen atoms in total. The Morgan fingerprint density at radius 3 is 0.735 bits per heavy atom. The third kappa shape index (κ3) is 68.0. The Morgan fingerprint density at radius 2 is 0.470 bits per heavy atom. The molecule has 0 rings (SSSR count). The summed E-state index contributed by atoms with van der Waals surface area (Å²) in [5.41, 5.74) is 0. The molecule has 0 heterocycles. The molecule has 1 unspecified atom stereocenters. The lowest BCUT2D eigenvalue weighted by Crippen LogP contribution is -2.30. The van der Waals surface area contributed by atoms with Gasteiger partial charge in [0.25, 0.3) is 0 Å². The molecule has 0 aliphatic heterocycles. The van der Waals surface area contributed by atoms with Gasteiger partial charge < -0.3 is 14.2 Å². The summed E-state index contributed by atoms with van der Waals surface area (Å²) in [6, 6.07) is 0. The maximum atomic E-state index is 12.9. The van der Waals surface area contributed by atoms with E-state index in [-0.39, 0.29) is 38.0 Å². The summed E-state index contributed by atoms with van der Waals surface area (Å²) >= 11 is 0. The fourth-order valence-corrected chi connectivity index (χ4v) is 9.32. The second-order valence-electron chi connectivity index (χ2n) is 22.3. The molecule has 0 aromatic rings. The van der Waals surface area contributed by atoms with Gasteiger partial charge in [0.15, 0.2) is 6.10 Å². The fraction of sp³-hybridized carbons (Fsp3) is 0.649. The monoisotopic (exact) mass is 1150 g/mol. The molecule has 0 amide bonds. The maximum absolute atomic E-state index is 12.9. The standard InChI is InChI=1S/C77H126O6/c1-4-7-10-13-16-19-22-25-28-31-34-35-36-37-38-39-40-41-44-46-49-52-55-58-61-64-67-70-76(79)82-73-74(83-77(80)71-68-65-62-59-56-53-50-47-43-33-30-27-24-21-18-15-12-9-6-3)72-81-75(78)69-66-63-60-57-54-51-48-45-42-32-29-26-23-20-17-14-11-8-5-2/h8-9,11-12,17-18,20-21,26-27,29-30,42-43,45,47,51,53-54,56,60,62-63,65,74H,4-7,10,13-16,19,22-25,28,31-41,44,46,48-50,52,55,57-59,61,64,66-73H2,1-3H3/b11-8-,12-9-,20-17-,21-18-,29-26-,30-27-,45-42-,47-43-,54-51-,56-53-,63-60-,65-62-. The molecule has 0 saturated heterocycles. The Kier molecular flexibility index (Phi) is 65.8. The number of hydrogen-bond donors (Lipinski definition) is 0. The van der Waals surface area contributed by atoms with Crippen LogP contribution in [0.25, 0.3) is 0 Å². The number of unbranched alkanes of at least 4 members (excludes halogenated alkanes) is 26. The molecule has 1 atom stereocenters. The summed E-state index contributed by atoms with van der Waals surface area (Å²) in [6.07, 6.45) is 100. The van der Waals surface area contributed by atoms with Crippen LogP contribution in [0.4, 0.5) is 0 Å². The quantitative estimate of drug-likeness (QED) is 0.0261. The van der Waals surface area contributed by atoms with Gasteiger partial charge in [0.1, 0.15) is 13.2 Å². The van der Waals surface area contributed by atoms with Crippen molar-refractivity contribution in [2.24, 2.45) is 0 Å². The molecule has 0 aliphatic carbocycles. The lowest BCUT2D eigenvalue weighted by Gasteiger charge is -2.18. The zero-order valence-electron chi connectivity index (χ0n) is 53.9. The van der Waals surface area contributed by atoms with Crippen molar-refractivity contribution in [2.75, 3.05) is 13.2 Å². The first-order valence-corrected chi connectivity index (χ1v) is 34.3. The van der Waals surface area contributed by atoms with Crippen molar-refractivity contribution >= 4 is 17.9 Å². The van der Waals surface area contributed by atoms with E-state index in [0.29, 0.717) is 19.3 Å². The molecule has 0 saturated carbocycles. The second kappa shape index (κ2) is 69.8. The number of hydrogen-bond acceptors (Lipinski definition) is 6. The van der Waals surface area contributed by atoms with E-state index in [1.54, 1.807) is 0 Å². The van der Waals surface area contributed by atoms with Crippen molar-refractivity contribution in [3.8, 4) is 0 Å². The van der Waals surface area contributed by atoms with Crippen LogP contribution in [-0.4, -0.2) is 37.2 Å². The minimum absolute atomic E-state index is 0.135. The first-order valence-electron chi connectivity index (χ1n) is 34.3. The van der Waals surface area contributed by atoms with Crippen LogP contribution >= 0.6 is 0 Å². The highest BCUT2D eigenvalue weighted by molar-refractivity contribution is 5.71. The number of rotatable bonds is 61. The second-order valence-corrected chi connectivity index (χ2v) is 22.3. The van der Waals surface area contributed by atoms with Crippen molar-refractivity contribution in [3.63, 3.8) is 0 Å². The smallest absolute Gasteiger partial charge is 0.306 e. The van der Waals surface area contributed by atoms with E-state index < -0.39 is 12.1 Å². The van der Waals surface area contributed by atoms with Crippen LogP contribution < -0.4 is 0 Å². The van der Waals surface area contributed by atoms with Crippen molar-refractivity contribution in [2.45, 2.75) is 309 Å². The summed E-state index contributed by atoms with van der Waals surface area (Å²) in [4.78, 5) is 38.3. The molecule has 470 valence electrons. The predicted octanol–water partition coefficient (Wildman–Crippen LogP) is 23.9. The number of allylic oxidation sites excluding steroid dienone is 24. The van der Waals surface area contributed by atoms with Crippen LogP contribution in [0.1, 0.15) is 303 Å². The molecule has 83 heavy (non-hydrogen) atoms. The Hall–Kier alpha value is -4.71. The van der Waals surface area contributed by atoms with Gasteiger partial charge in [-0.15, -0.1) is 0 Å². The largest absolute Gasteiger partial charge is 0.462 e. The molecular weight excluding hydrogens is 1020 g/mol. The number of carbonyl (C=O) groups excluding carboxylic acids is 3. The summed E-state index contributed by atoms with van der Waals surface area (Å²) < 4.78 is 16.8. The molecule has 0 aromatic carbocycles. The molecule has 0 fully saturated rings. The van der Waals surface area contributed by atoms with Gasteiger partial charge in [-0.25, -0.2) is 0 Å². The van der Waals surface area contributed by atoms with Gasteiger partial charge in [-0.2, -0.15) is 0 Å². The first kappa shape index (κ1) is 78.3. The van der Waals surface area contributed by atoms with Gasteiger partial charge in [-0.3, -0.25) is 14.4 Å². The average molecular weight is 1150 g/mol. The molecule has 6 heteroatoms. The zero-order valence-corrected chi connectivity index (χ0v) is 53.9. The lowest BCUT2D eigenvalue weighted by atomic mass is 10.0. The minimum Gasteiger partial charge on any atom is -0.462 e. The third-order valence-electron chi connectivity index (χ3n) is 14.4. The molecule has 0 spiro atoms. The molecule has 0 N–H and O–H groups in total. The lowest BCUT2D eigenvalue weighted by molar-refractivity contribution is -0.166. The predicted molar refractivity (Wildman–Crippen MR) is 362 cm³/mol. The van der Waals surface area contributed by atoms with E-state index in [0.717, 1.165) is 96.3 Å². The molecule has 0 bridgehead atoms. The molecular formula is C77H126O6. The van der Waals surface area contributed by atoms with Crippen LogP contribution in [0, 0.1) is 0 Å². The fourth-order valence-electron chi connectivity index (χ4n) is 9.32. The van der Waals surface area contributed by atoms with E-state index in [9.17, 15) is 14.4 Å². The van der Waals surface area contributed by atoms with Crippen molar-refractivity contribution in [1.29, 1.82) is 0 Å². The Morgan fingerprint density at radius 1 is 0.253 bits per heavy atom. The number of esters is 3. The maximum Gasteiger partial charge on any atom is 0.306 e. The molecule has 0 radical (unpaired) electrons. The Balaban J connectivity index is 4.48. The van der Waals surface area contributed by atoms with Gasteiger partial charge in [-0.05, 0) is 96.3 Å². The number of carbonyl (C=O) groups is 3. The Bertz CT molecular complexity index is 1800.